The van der Waals surface area contributed by atoms with E-state index in [9.17, 15) is 9.59 Å². The molecule has 1 aromatic carbocycles. The van der Waals surface area contributed by atoms with Crippen LogP contribution in [0.25, 0.3) is 0 Å². The maximum atomic E-state index is 12.7. The molecule has 0 aliphatic carbocycles. The number of nitrogens with one attached hydrogen (secondary N) is 1. The zero-order valence-corrected chi connectivity index (χ0v) is 16.0. The van der Waals surface area contributed by atoms with Gasteiger partial charge < -0.3 is 10.2 Å². The standard InChI is InChI=1S/C21H24ClN3O2/c22-19-7-5-16(6-8-19)9-10-24-20(26)17-13-18(15-23-14-17)21(27)25-11-3-1-2-4-12-25/h5-8,13-15H,1-4,9-12H2,(H,24,26). The Kier molecular flexibility index (Phi) is 6.82. The molecule has 1 N–H and O–H groups in total. The highest BCUT2D eigenvalue weighted by Gasteiger charge is 2.18. The Balaban J connectivity index is 1.57. The number of carbonyl (C=O) groups excluding carboxylic acids is 2. The first-order valence-corrected chi connectivity index (χ1v) is 9.78. The van der Waals surface area contributed by atoms with Crippen LogP contribution < -0.4 is 5.32 Å². The van der Waals surface area contributed by atoms with Crippen molar-refractivity contribution in [1.82, 2.24) is 15.2 Å². The highest BCUT2D eigenvalue weighted by atomic mass is 35.5. The molecule has 1 aromatic heterocycles. The minimum Gasteiger partial charge on any atom is -0.352 e. The molecule has 0 radical (unpaired) electrons. The Morgan fingerprint density at radius 2 is 1.67 bits per heavy atom. The zero-order chi connectivity index (χ0) is 19.1. The lowest BCUT2D eigenvalue weighted by molar-refractivity contribution is 0.0761. The fourth-order valence-electron chi connectivity index (χ4n) is 3.21. The van der Waals surface area contributed by atoms with E-state index in [4.69, 9.17) is 11.6 Å². The summed E-state index contributed by atoms with van der Waals surface area (Å²) in [4.78, 5) is 31.1. The average molecular weight is 386 g/mol. The summed E-state index contributed by atoms with van der Waals surface area (Å²) in [6.07, 6.45) is 8.14. The summed E-state index contributed by atoms with van der Waals surface area (Å²) in [7, 11) is 0. The fourth-order valence-corrected chi connectivity index (χ4v) is 3.34. The van der Waals surface area contributed by atoms with E-state index in [1.54, 1.807) is 6.07 Å². The van der Waals surface area contributed by atoms with Crippen molar-refractivity contribution >= 4 is 23.4 Å². The summed E-state index contributed by atoms with van der Waals surface area (Å²) in [5.74, 6) is -0.262. The summed E-state index contributed by atoms with van der Waals surface area (Å²) >= 11 is 5.87. The minimum absolute atomic E-state index is 0.0415. The van der Waals surface area contributed by atoms with Crippen LogP contribution in [0.2, 0.25) is 5.02 Å². The minimum atomic E-state index is -0.220. The third-order valence-electron chi connectivity index (χ3n) is 4.75. The van der Waals surface area contributed by atoms with Crippen molar-refractivity contribution in [2.24, 2.45) is 0 Å². The predicted octanol–water partition coefficient (Wildman–Crippen LogP) is 3.72. The van der Waals surface area contributed by atoms with Crippen LogP contribution in [0.3, 0.4) is 0 Å². The van der Waals surface area contributed by atoms with E-state index in [2.05, 4.69) is 10.3 Å². The van der Waals surface area contributed by atoms with E-state index < -0.39 is 0 Å². The van der Waals surface area contributed by atoms with E-state index in [0.717, 1.165) is 44.3 Å². The first kappa shape index (κ1) is 19.4. The number of aromatic nitrogens is 1. The number of rotatable bonds is 5. The van der Waals surface area contributed by atoms with Crippen LogP contribution in [0.5, 0.6) is 0 Å². The van der Waals surface area contributed by atoms with Gasteiger partial charge in [0.1, 0.15) is 0 Å². The lowest BCUT2D eigenvalue weighted by Gasteiger charge is -2.20. The maximum Gasteiger partial charge on any atom is 0.255 e. The number of benzene rings is 1. The van der Waals surface area contributed by atoms with Crippen molar-refractivity contribution in [3.63, 3.8) is 0 Å². The molecular formula is C21H24ClN3O2. The molecule has 0 atom stereocenters. The largest absolute Gasteiger partial charge is 0.352 e. The van der Waals surface area contributed by atoms with Gasteiger partial charge in [-0.15, -0.1) is 0 Å². The SMILES string of the molecule is O=C(NCCc1ccc(Cl)cc1)c1cncc(C(=O)N2CCCCCC2)c1. The monoisotopic (exact) mass is 385 g/mol. The number of carbonyl (C=O) groups is 2. The summed E-state index contributed by atoms with van der Waals surface area (Å²) in [6.45, 7) is 2.05. The number of hydrogen-bond acceptors (Lipinski definition) is 3. The van der Waals surface area contributed by atoms with E-state index in [-0.39, 0.29) is 11.8 Å². The number of amides is 2. The summed E-state index contributed by atoms with van der Waals surface area (Å²) < 4.78 is 0. The summed E-state index contributed by atoms with van der Waals surface area (Å²) in [5, 5.41) is 3.58. The van der Waals surface area contributed by atoms with Crippen molar-refractivity contribution in [2.45, 2.75) is 32.1 Å². The fraction of sp³-hybridized carbons (Fsp3) is 0.381. The molecule has 6 heteroatoms. The molecule has 0 spiro atoms. The van der Waals surface area contributed by atoms with Crippen molar-refractivity contribution in [3.8, 4) is 0 Å². The molecule has 5 nitrogen and oxygen atoms in total. The van der Waals surface area contributed by atoms with Gasteiger partial charge in [-0.1, -0.05) is 36.6 Å². The first-order valence-electron chi connectivity index (χ1n) is 9.40. The van der Waals surface area contributed by atoms with Crippen LogP contribution in [0.15, 0.2) is 42.7 Å². The normalized spacial score (nSPS) is 14.5. The third-order valence-corrected chi connectivity index (χ3v) is 5.01. The second-order valence-corrected chi connectivity index (χ2v) is 7.24. The van der Waals surface area contributed by atoms with Crippen LogP contribution in [-0.2, 0) is 6.42 Å². The second-order valence-electron chi connectivity index (χ2n) is 6.80. The Morgan fingerprint density at radius 3 is 2.37 bits per heavy atom. The van der Waals surface area contributed by atoms with E-state index in [0.29, 0.717) is 29.1 Å². The lowest BCUT2D eigenvalue weighted by atomic mass is 10.1. The van der Waals surface area contributed by atoms with Gasteiger partial charge in [-0.3, -0.25) is 14.6 Å². The van der Waals surface area contributed by atoms with Crippen molar-refractivity contribution in [2.75, 3.05) is 19.6 Å². The molecule has 2 aromatic rings. The van der Waals surface area contributed by atoms with Crippen molar-refractivity contribution in [1.29, 1.82) is 0 Å². The van der Waals surface area contributed by atoms with Crippen LogP contribution in [0, 0.1) is 0 Å². The Bertz CT molecular complexity index is 784. The van der Waals surface area contributed by atoms with Crippen LogP contribution in [0.1, 0.15) is 52.0 Å². The van der Waals surface area contributed by atoms with Gasteiger partial charge in [-0.05, 0) is 43.0 Å². The molecule has 0 saturated carbocycles. The topological polar surface area (TPSA) is 62.3 Å². The smallest absolute Gasteiger partial charge is 0.255 e. The molecule has 0 bridgehead atoms. The number of likely N-dealkylation sites (tertiary alicyclic amines) is 1. The molecule has 2 amide bonds. The van der Waals surface area contributed by atoms with E-state index >= 15 is 0 Å². The molecule has 0 unspecified atom stereocenters. The quantitative estimate of drug-likeness (QED) is 0.853. The third kappa shape index (κ3) is 5.54. The number of halogens is 1. The highest BCUT2D eigenvalue weighted by Crippen LogP contribution is 2.14. The molecule has 142 valence electrons. The predicted molar refractivity (Wildman–Crippen MR) is 106 cm³/mol. The molecule has 1 aliphatic rings. The molecule has 3 rings (SSSR count). The number of nitrogens with zero attached hydrogens (tertiary/aromatic N) is 2. The van der Waals surface area contributed by atoms with Gasteiger partial charge >= 0.3 is 0 Å². The van der Waals surface area contributed by atoms with Gasteiger partial charge in [0.25, 0.3) is 11.8 Å². The Hall–Kier alpha value is -2.40. The van der Waals surface area contributed by atoms with Crippen molar-refractivity contribution < 1.29 is 9.59 Å². The Labute approximate surface area is 164 Å². The lowest BCUT2D eigenvalue weighted by Crippen LogP contribution is -2.32. The molecule has 1 aliphatic heterocycles. The molecular weight excluding hydrogens is 362 g/mol. The van der Waals surface area contributed by atoms with Gasteiger partial charge in [-0.25, -0.2) is 0 Å². The van der Waals surface area contributed by atoms with Gasteiger partial charge in [0.2, 0.25) is 0 Å². The second kappa shape index (κ2) is 9.51. The van der Waals surface area contributed by atoms with Crippen LogP contribution in [-0.4, -0.2) is 41.3 Å². The van der Waals surface area contributed by atoms with Gasteiger partial charge in [0, 0.05) is 37.1 Å². The molecule has 1 fully saturated rings. The van der Waals surface area contributed by atoms with E-state index in [1.165, 1.54) is 12.4 Å². The zero-order valence-electron chi connectivity index (χ0n) is 15.3. The average Bonchev–Trinajstić information content (AvgIpc) is 2.98. The van der Waals surface area contributed by atoms with Crippen LogP contribution in [0.4, 0.5) is 0 Å². The Morgan fingerprint density at radius 1 is 1.00 bits per heavy atom. The van der Waals surface area contributed by atoms with E-state index in [1.807, 2.05) is 29.2 Å². The summed E-state index contributed by atoms with van der Waals surface area (Å²) in [5.41, 5.74) is 1.98. The van der Waals surface area contributed by atoms with Gasteiger partial charge in [0.05, 0.1) is 11.1 Å². The molecule has 27 heavy (non-hydrogen) atoms. The maximum absolute atomic E-state index is 12.7. The first-order chi connectivity index (χ1) is 13.1. The summed E-state index contributed by atoms with van der Waals surface area (Å²) in [6, 6.07) is 9.19. The number of hydrogen-bond donors (Lipinski definition) is 1. The molecule has 1 saturated heterocycles. The van der Waals surface area contributed by atoms with Gasteiger partial charge in [-0.2, -0.15) is 0 Å². The van der Waals surface area contributed by atoms with Crippen LogP contribution >= 0.6 is 11.6 Å². The van der Waals surface area contributed by atoms with Gasteiger partial charge in [0.15, 0.2) is 0 Å². The molecule has 2 heterocycles. The number of pyridine rings is 1. The van der Waals surface area contributed by atoms with Crippen molar-refractivity contribution in [3.05, 3.63) is 64.4 Å². The highest BCUT2D eigenvalue weighted by molar-refractivity contribution is 6.30.